The van der Waals surface area contributed by atoms with Gasteiger partial charge in [0, 0.05) is 11.8 Å². The molecule has 1 amide bonds. The third kappa shape index (κ3) is 2.26. The third-order valence-electron chi connectivity index (χ3n) is 1.54. The Kier molecular flexibility index (Phi) is 2.55. The number of aromatic nitrogens is 3. The van der Waals surface area contributed by atoms with Gasteiger partial charge in [0.1, 0.15) is 0 Å². The quantitative estimate of drug-likeness (QED) is 0.820. The fourth-order valence-electron chi connectivity index (χ4n) is 0.961. The molecule has 0 aliphatic rings. The van der Waals surface area contributed by atoms with Gasteiger partial charge in [-0.15, -0.1) is 0 Å². The highest BCUT2D eigenvalue weighted by atomic mass is 32.1. The summed E-state index contributed by atoms with van der Waals surface area (Å²) >= 11 is 1.21. The molecule has 0 saturated carbocycles. The second-order valence-electron chi connectivity index (χ2n) is 2.54. The number of hydrogen-bond donors (Lipinski definition) is 1. The van der Waals surface area contributed by atoms with E-state index in [9.17, 15) is 4.79 Å². The van der Waals surface area contributed by atoms with Crippen LogP contribution in [0.4, 0.5) is 4.79 Å². The van der Waals surface area contributed by atoms with Gasteiger partial charge >= 0.3 is 6.09 Å². The second kappa shape index (κ2) is 4.01. The molecule has 76 valence electrons. The number of carbonyl (C=O) groups excluding carboxylic acids is 1. The van der Waals surface area contributed by atoms with Gasteiger partial charge in [0.2, 0.25) is 0 Å². The molecule has 0 spiro atoms. The van der Waals surface area contributed by atoms with E-state index in [1.165, 1.54) is 11.3 Å². The van der Waals surface area contributed by atoms with Crippen molar-refractivity contribution >= 4 is 17.4 Å². The molecule has 0 aromatic carbocycles. The number of ether oxygens (including phenoxy) is 1. The Morgan fingerprint density at radius 2 is 2.27 bits per heavy atom. The van der Waals surface area contributed by atoms with Crippen molar-refractivity contribution in [3.63, 3.8) is 0 Å². The summed E-state index contributed by atoms with van der Waals surface area (Å²) in [4.78, 5) is 15.2. The highest BCUT2D eigenvalue weighted by molar-refractivity contribution is 7.16. The van der Waals surface area contributed by atoms with E-state index in [0.29, 0.717) is 0 Å². The van der Waals surface area contributed by atoms with Crippen molar-refractivity contribution in [3.05, 3.63) is 24.7 Å². The van der Waals surface area contributed by atoms with Gasteiger partial charge in [-0.25, -0.2) is 9.78 Å². The lowest BCUT2D eigenvalue weighted by Crippen LogP contribution is -2.15. The Bertz CT molecular complexity index is 471. The van der Waals surface area contributed by atoms with Crippen LogP contribution in [0.3, 0.4) is 0 Å². The Balaban J connectivity index is 2.24. The monoisotopic (exact) mass is 222 g/mol. The first-order chi connectivity index (χ1) is 7.25. The van der Waals surface area contributed by atoms with E-state index in [2.05, 4.69) is 19.9 Å². The van der Waals surface area contributed by atoms with Crippen molar-refractivity contribution in [2.45, 2.75) is 0 Å². The fraction of sp³-hybridized carbons (Fsp3) is 0. The van der Waals surface area contributed by atoms with Gasteiger partial charge in [0.05, 0.1) is 17.3 Å². The number of carbonyl (C=O) groups is 1. The van der Waals surface area contributed by atoms with Crippen LogP contribution in [0.5, 0.6) is 5.19 Å². The highest BCUT2D eigenvalue weighted by Gasteiger charge is 2.07. The number of primary amides is 1. The fourth-order valence-corrected chi connectivity index (χ4v) is 1.72. The van der Waals surface area contributed by atoms with Crippen LogP contribution in [-0.4, -0.2) is 21.3 Å². The molecule has 2 rings (SSSR count). The molecule has 2 heterocycles. The molecule has 7 heteroatoms. The molecule has 0 saturated heterocycles. The lowest BCUT2D eigenvalue weighted by molar-refractivity contribution is 0.210. The van der Waals surface area contributed by atoms with Gasteiger partial charge in [-0.05, 0) is 6.07 Å². The zero-order chi connectivity index (χ0) is 10.7. The Hall–Kier alpha value is -2.02. The van der Waals surface area contributed by atoms with Crippen LogP contribution in [0, 0.1) is 0 Å². The Morgan fingerprint density at radius 1 is 1.40 bits per heavy atom. The summed E-state index contributed by atoms with van der Waals surface area (Å²) < 4.78 is 4.63. The maximum absolute atomic E-state index is 10.5. The van der Waals surface area contributed by atoms with Gasteiger partial charge < -0.3 is 10.5 Å². The topological polar surface area (TPSA) is 91.0 Å². The van der Waals surface area contributed by atoms with Crippen LogP contribution >= 0.6 is 11.3 Å². The minimum atomic E-state index is -0.872. The number of hydrogen-bond acceptors (Lipinski definition) is 6. The first-order valence-electron chi connectivity index (χ1n) is 3.96. The molecule has 2 N–H and O–H groups in total. The van der Waals surface area contributed by atoms with E-state index in [0.717, 1.165) is 10.4 Å². The van der Waals surface area contributed by atoms with Crippen LogP contribution in [0.15, 0.2) is 24.7 Å². The van der Waals surface area contributed by atoms with Crippen molar-refractivity contribution in [3.8, 4) is 15.6 Å². The molecule has 2 aromatic heterocycles. The molecular formula is C8H6N4O2S. The highest BCUT2D eigenvalue weighted by Crippen LogP contribution is 2.29. The molecule has 0 bridgehead atoms. The number of thiazole rings is 1. The summed E-state index contributed by atoms with van der Waals surface area (Å²) in [7, 11) is 0. The molecule has 0 aliphatic carbocycles. The average Bonchev–Trinajstić information content (AvgIpc) is 2.67. The van der Waals surface area contributed by atoms with Gasteiger partial charge in [0.25, 0.3) is 5.19 Å². The van der Waals surface area contributed by atoms with E-state index in [-0.39, 0.29) is 5.19 Å². The largest absolute Gasteiger partial charge is 0.411 e. The minimum absolute atomic E-state index is 0.217. The predicted molar refractivity (Wildman–Crippen MR) is 53.4 cm³/mol. The maximum atomic E-state index is 10.5. The van der Waals surface area contributed by atoms with Crippen molar-refractivity contribution in [1.29, 1.82) is 0 Å². The first-order valence-corrected chi connectivity index (χ1v) is 4.77. The van der Waals surface area contributed by atoms with E-state index >= 15 is 0 Å². The van der Waals surface area contributed by atoms with E-state index < -0.39 is 6.09 Å². The molecule has 0 radical (unpaired) electrons. The van der Waals surface area contributed by atoms with Crippen LogP contribution in [0.2, 0.25) is 0 Å². The lowest BCUT2D eigenvalue weighted by Gasteiger charge is -1.93. The van der Waals surface area contributed by atoms with E-state index in [1.807, 2.05) is 0 Å². The van der Waals surface area contributed by atoms with Crippen LogP contribution < -0.4 is 10.5 Å². The van der Waals surface area contributed by atoms with Crippen LogP contribution in [-0.2, 0) is 0 Å². The number of nitrogens with two attached hydrogens (primary N) is 1. The second-order valence-corrected chi connectivity index (χ2v) is 3.54. The number of rotatable bonds is 2. The van der Waals surface area contributed by atoms with Crippen LogP contribution in [0.25, 0.3) is 10.4 Å². The molecule has 0 unspecified atom stereocenters. The van der Waals surface area contributed by atoms with Crippen molar-refractivity contribution in [2.75, 3.05) is 0 Å². The maximum Gasteiger partial charge on any atom is 0.411 e. The van der Waals surface area contributed by atoms with Crippen molar-refractivity contribution in [2.24, 2.45) is 5.73 Å². The standard InChI is InChI=1S/C8H6N4O2S/c9-7(13)14-8-10-4-6(15-8)5-1-2-11-12-3-5/h1-4H,(H2,9,13). The lowest BCUT2D eigenvalue weighted by atomic mass is 10.3. The van der Waals surface area contributed by atoms with E-state index in [1.54, 1.807) is 24.7 Å². The minimum Gasteiger partial charge on any atom is -0.381 e. The summed E-state index contributed by atoms with van der Waals surface area (Å²) in [6, 6.07) is 1.79. The van der Waals surface area contributed by atoms with Crippen molar-refractivity contribution in [1.82, 2.24) is 15.2 Å². The Morgan fingerprint density at radius 3 is 2.93 bits per heavy atom. The zero-order valence-electron chi connectivity index (χ0n) is 7.45. The summed E-state index contributed by atoms with van der Waals surface area (Å²) in [6.45, 7) is 0. The van der Waals surface area contributed by atoms with Gasteiger partial charge in [-0.1, -0.05) is 11.3 Å². The van der Waals surface area contributed by atoms with Crippen LogP contribution in [0.1, 0.15) is 0 Å². The summed E-state index contributed by atoms with van der Waals surface area (Å²) in [5, 5.41) is 7.60. The number of nitrogens with zero attached hydrogens (tertiary/aromatic N) is 3. The molecule has 0 fully saturated rings. The molecule has 15 heavy (non-hydrogen) atoms. The summed E-state index contributed by atoms with van der Waals surface area (Å²) in [5.41, 5.74) is 5.72. The van der Waals surface area contributed by atoms with Gasteiger partial charge in [0.15, 0.2) is 0 Å². The zero-order valence-corrected chi connectivity index (χ0v) is 8.27. The molecule has 0 atom stereocenters. The first kappa shape index (κ1) is 9.53. The summed E-state index contributed by atoms with van der Waals surface area (Å²) in [5.74, 6) is 0. The SMILES string of the molecule is NC(=O)Oc1ncc(-c2ccnnc2)s1. The molecular weight excluding hydrogens is 216 g/mol. The number of amides is 1. The molecule has 2 aromatic rings. The molecule has 6 nitrogen and oxygen atoms in total. The average molecular weight is 222 g/mol. The van der Waals surface area contributed by atoms with Gasteiger partial charge in [-0.3, -0.25) is 0 Å². The Labute approximate surface area is 88.7 Å². The van der Waals surface area contributed by atoms with Crippen molar-refractivity contribution < 1.29 is 9.53 Å². The molecule has 0 aliphatic heterocycles. The van der Waals surface area contributed by atoms with Gasteiger partial charge in [-0.2, -0.15) is 10.2 Å². The summed E-state index contributed by atoms with van der Waals surface area (Å²) in [6.07, 6.45) is 3.88. The smallest absolute Gasteiger partial charge is 0.381 e. The van der Waals surface area contributed by atoms with E-state index in [4.69, 9.17) is 5.73 Å². The normalized spacial score (nSPS) is 9.87. The predicted octanol–water partition coefficient (Wildman–Crippen LogP) is 1.06. The third-order valence-corrected chi connectivity index (χ3v) is 2.47.